The minimum Gasteiger partial charge on any atom is -0.373 e. The minimum atomic E-state index is -0.260. The highest BCUT2D eigenvalue weighted by atomic mass is 19.1. The number of halogens is 1. The fraction of sp³-hybridized carbons (Fsp3) is 0.417. The second kappa shape index (κ2) is 4.41. The molecule has 0 bridgehead atoms. The van der Waals surface area contributed by atoms with E-state index in [9.17, 15) is 4.39 Å². The molecule has 0 aromatic heterocycles. The van der Waals surface area contributed by atoms with Gasteiger partial charge in [0.25, 0.3) is 0 Å². The molecule has 2 nitrogen and oxygen atoms in total. The molecule has 15 heavy (non-hydrogen) atoms. The number of hydrogen-bond acceptors (Lipinski definition) is 2. The summed E-state index contributed by atoms with van der Waals surface area (Å²) in [5.41, 5.74) is 0.567. The second-order valence-electron chi connectivity index (χ2n) is 3.73. The summed E-state index contributed by atoms with van der Waals surface area (Å²) in [6.07, 6.45) is 1.09. The number of rotatable bonds is 1. The fourth-order valence-corrected chi connectivity index (χ4v) is 1.87. The molecule has 1 aliphatic rings. The summed E-state index contributed by atoms with van der Waals surface area (Å²) >= 11 is 0. The van der Waals surface area contributed by atoms with E-state index in [1.54, 1.807) is 18.2 Å². The van der Waals surface area contributed by atoms with Gasteiger partial charge in [-0.1, -0.05) is 18.2 Å². The lowest BCUT2D eigenvalue weighted by atomic mass is 9.93. The molecule has 3 heteroatoms. The molecule has 78 valence electrons. The summed E-state index contributed by atoms with van der Waals surface area (Å²) in [4.78, 5) is 0. The Morgan fingerprint density at radius 1 is 1.40 bits per heavy atom. The summed E-state index contributed by atoms with van der Waals surface area (Å²) in [5, 5.41) is 8.83. The maximum Gasteiger partial charge on any atom is 0.129 e. The molecule has 0 radical (unpaired) electrons. The summed E-state index contributed by atoms with van der Waals surface area (Å²) in [5.74, 6) is -0.260. The molecule has 0 spiro atoms. The van der Waals surface area contributed by atoms with Crippen LogP contribution in [0.2, 0.25) is 0 Å². The molecule has 1 heterocycles. The highest BCUT2D eigenvalue weighted by Gasteiger charge is 2.25. The van der Waals surface area contributed by atoms with Crippen LogP contribution >= 0.6 is 0 Å². The summed E-state index contributed by atoms with van der Waals surface area (Å²) in [6.45, 7) is 0.539. The Bertz CT molecular complexity index is 385. The predicted molar refractivity (Wildman–Crippen MR) is 53.4 cm³/mol. The van der Waals surface area contributed by atoms with Gasteiger partial charge in [0.2, 0.25) is 0 Å². The largest absolute Gasteiger partial charge is 0.373 e. The first-order valence-corrected chi connectivity index (χ1v) is 5.07. The highest BCUT2D eigenvalue weighted by molar-refractivity contribution is 5.20. The Labute approximate surface area is 88.3 Å². The molecule has 1 aliphatic heterocycles. The molecule has 0 saturated carbocycles. The zero-order valence-corrected chi connectivity index (χ0v) is 8.32. The van der Waals surface area contributed by atoms with E-state index in [4.69, 9.17) is 10.00 Å². The number of nitriles is 1. The first-order chi connectivity index (χ1) is 7.31. The minimum absolute atomic E-state index is 0.0108. The molecule has 0 N–H and O–H groups in total. The van der Waals surface area contributed by atoms with Crippen molar-refractivity contribution in [1.82, 2.24) is 0 Å². The third-order valence-electron chi connectivity index (χ3n) is 2.72. The molecule has 1 aromatic rings. The predicted octanol–water partition coefficient (Wildman–Crippen LogP) is 2.82. The van der Waals surface area contributed by atoms with Crippen LogP contribution < -0.4 is 0 Å². The van der Waals surface area contributed by atoms with E-state index in [0.717, 1.165) is 6.42 Å². The number of benzene rings is 1. The third-order valence-corrected chi connectivity index (χ3v) is 2.72. The van der Waals surface area contributed by atoms with Crippen LogP contribution in [0.3, 0.4) is 0 Å². The van der Waals surface area contributed by atoms with Crippen molar-refractivity contribution in [1.29, 1.82) is 5.26 Å². The van der Waals surface area contributed by atoms with Crippen molar-refractivity contribution in [3.63, 3.8) is 0 Å². The second-order valence-corrected chi connectivity index (χ2v) is 3.73. The molecule has 1 saturated heterocycles. The third kappa shape index (κ3) is 2.16. The molecule has 1 fully saturated rings. The molecule has 2 rings (SSSR count). The summed E-state index contributed by atoms with van der Waals surface area (Å²) in [6, 6.07) is 8.81. The number of hydrogen-bond donors (Lipinski definition) is 0. The first kappa shape index (κ1) is 10.1. The Morgan fingerprint density at radius 2 is 2.20 bits per heavy atom. The van der Waals surface area contributed by atoms with E-state index in [1.807, 2.05) is 0 Å². The van der Waals surface area contributed by atoms with E-state index in [-0.39, 0.29) is 17.8 Å². The first-order valence-electron chi connectivity index (χ1n) is 5.07. The van der Waals surface area contributed by atoms with E-state index in [1.165, 1.54) is 6.07 Å². The van der Waals surface area contributed by atoms with Crippen molar-refractivity contribution in [2.45, 2.75) is 18.9 Å². The average Bonchev–Trinajstić information content (AvgIpc) is 2.30. The van der Waals surface area contributed by atoms with Gasteiger partial charge in [-0.3, -0.25) is 0 Å². The molecule has 2 unspecified atom stereocenters. The topological polar surface area (TPSA) is 33.0 Å². The standard InChI is InChI=1S/C12H12FNO/c13-11-4-2-1-3-10(11)12-7-9(8-14)5-6-15-12/h1-4,9,12H,5-7H2. The monoisotopic (exact) mass is 205 g/mol. The normalized spacial score (nSPS) is 25.9. The van der Waals surface area contributed by atoms with Crippen LogP contribution in [-0.2, 0) is 4.74 Å². The van der Waals surface area contributed by atoms with Crippen LogP contribution in [0.25, 0.3) is 0 Å². The van der Waals surface area contributed by atoms with E-state index in [0.29, 0.717) is 18.6 Å². The van der Waals surface area contributed by atoms with Crippen molar-refractivity contribution < 1.29 is 9.13 Å². The molecule has 0 amide bonds. The summed E-state index contributed by atoms with van der Waals surface area (Å²) in [7, 11) is 0. The van der Waals surface area contributed by atoms with E-state index < -0.39 is 0 Å². The average molecular weight is 205 g/mol. The van der Waals surface area contributed by atoms with Gasteiger partial charge in [0.05, 0.1) is 18.1 Å². The zero-order valence-electron chi connectivity index (χ0n) is 8.32. The van der Waals surface area contributed by atoms with Gasteiger partial charge in [0, 0.05) is 12.2 Å². The summed E-state index contributed by atoms with van der Waals surface area (Å²) < 4.78 is 18.9. The van der Waals surface area contributed by atoms with Gasteiger partial charge >= 0.3 is 0 Å². The maximum absolute atomic E-state index is 13.4. The fourth-order valence-electron chi connectivity index (χ4n) is 1.87. The van der Waals surface area contributed by atoms with Crippen molar-refractivity contribution >= 4 is 0 Å². The Morgan fingerprint density at radius 3 is 2.93 bits per heavy atom. The van der Waals surface area contributed by atoms with Crippen molar-refractivity contribution in [2.24, 2.45) is 5.92 Å². The zero-order chi connectivity index (χ0) is 10.7. The van der Waals surface area contributed by atoms with Crippen LogP contribution in [0.15, 0.2) is 24.3 Å². The van der Waals surface area contributed by atoms with Crippen LogP contribution in [0, 0.1) is 23.1 Å². The van der Waals surface area contributed by atoms with Crippen LogP contribution in [-0.4, -0.2) is 6.61 Å². The molecular formula is C12H12FNO. The molecule has 2 atom stereocenters. The van der Waals surface area contributed by atoms with Gasteiger partial charge in [-0.2, -0.15) is 5.26 Å². The van der Waals surface area contributed by atoms with Gasteiger partial charge in [0.15, 0.2) is 0 Å². The number of nitrogens with zero attached hydrogens (tertiary/aromatic N) is 1. The Kier molecular flexibility index (Phi) is 2.98. The molecule has 1 aromatic carbocycles. The SMILES string of the molecule is N#CC1CCOC(c2ccccc2F)C1. The van der Waals surface area contributed by atoms with Gasteiger partial charge in [0.1, 0.15) is 5.82 Å². The molecule has 0 aliphatic carbocycles. The van der Waals surface area contributed by atoms with Crippen LogP contribution in [0.4, 0.5) is 4.39 Å². The smallest absolute Gasteiger partial charge is 0.129 e. The van der Waals surface area contributed by atoms with Gasteiger partial charge in [-0.15, -0.1) is 0 Å². The van der Waals surface area contributed by atoms with E-state index in [2.05, 4.69) is 6.07 Å². The van der Waals surface area contributed by atoms with Gasteiger partial charge in [-0.25, -0.2) is 4.39 Å². The van der Waals surface area contributed by atoms with Crippen molar-refractivity contribution in [3.05, 3.63) is 35.6 Å². The lowest BCUT2D eigenvalue weighted by molar-refractivity contribution is -0.00125. The van der Waals surface area contributed by atoms with Gasteiger partial charge < -0.3 is 4.74 Å². The lowest BCUT2D eigenvalue weighted by Crippen LogP contribution is -2.19. The van der Waals surface area contributed by atoms with Gasteiger partial charge in [-0.05, 0) is 18.9 Å². The highest BCUT2D eigenvalue weighted by Crippen LogP contribution is 2.32. The lowest BCUT2D eigenvalue weighted by Gasteiger charge is -2.26. The van der Waals surface area contributed by atoms with Crippen LogP contribution in [0.1, 0.15) is 24.5 Å². The van der Waals surface area contributed by atoms with Crippen LogP contribution in [0.5, 0.6) is 0 Å². The Hall–Kier alpha value is -1.40. The van der Waals surface area contributed by atoms with E-state index >= 15 is 0 Å². The quantitative estimate of drug-likeness (QED) is 0.706. The Balaban J connectivity index is 2.18. The van der Waals surface area contributed by atoms with Crippen molar-refractivity contribution in [2.75, 3.05) is 6.61 Å². The molecular weight excluding hydrogens is 193 g/mol. The van der Waals surface area contributed by atoms with Crippen molar-refractivity contribution in [3.8, 4) is 6.07 Å². The maximum atomic E-state index is 13.4. The number of ether oxygens (including phenoxy) is 1.